The molecule has 6 nitrogen and oxygen atoms in total. The van der Waals surface area contributed by atoms with Crippen LogP contribution in [0.25, 0.3) is 0 Å². The fourth-order valence-corrected chi connectivity index (χ4v) is 5.21. The number of thiazole rings is 1. The Morgan fingerprint density at radius 3 is 2.43 bits per heavy atom. The number of anilines is 1. The van der Waals surface area contributed by atoms with Crippen molar-refractivity contribution < 1.29 is 13.2 Å². The maximum Gasteiger partial charge on any atom is 0.263 e. The Labute approximate surface area is 180 Å². The topological polar surface area (TPSA) is 79.4 Å². The van der Waals surface area contributed by atoms with Crippen molar-refractivity contribution in [3.05, 3.63) is 77.3 Å². The molecule has 156 valence electrons. The van der Waals surface area contributed by atoms with Crippen LogP contribution in [0.2, 0.25) is 0 Å². The average molecular weight is 442 g/mol. The highest BCUT2D eigenvalue weighted by molar-refractivity contribution is 7.93. The van der Waals surface area contributed by atoms with E-state index in [9.17, 15) is 13.2 Å². The van der Waals surface area contributed by atoms with E-state index in [4.69, 9.17) is 0 Å². The third-order valence-corrected chi connectivity index (χ3v) is 7.44. The highest BCUT2D eigenvalue weighted by Gasteiger charge is 2.25. The third-order valence-electron chi connectivity index (χ3n) is 5.27. The molecule has 2 aromatic carbocycles. The summed E-state index contributed by atoms with van der Waals surface area (Å²) in [6.45, 7) is 1.27. The van der Waals surface area contributed by atoms with E-state index in [1.165, 1.54) is 36.1 Å². The predicted octanol–water partition coefficient (Wildman–Crippen LogP) is 4.39. The number of rotatable bonds is 8. The summed E-state index contributed by atoms with van der Waals surface area (Å²) < 4.78 is 27.5. The number of amides is 1. The molecule has 1 amide bonds. The van der Waals surface area contributed by atoms with Crippen LogP contribution < -0.4 is 4.72 Å². The van der Waals surface area contributed by atoms with Crippen LogP contribution in [0, 0.1) is 5.92 Å². The summed E-state index contributed by atoms with van der Waals surface area (Å²) >= 11 is 1.21. The second kappa shape index (κ2) is 8.97. The van der Waals surface area contributed by atoms with Crippen LogP contribution in [0.4, 0.5) is 5.13 Å². The number of carbonyl (C=O) groups is 1. The van der Waals surface area contributed by atoms with Gasteiger partial charge in [-0.2, -0.15) is 0 Å². The first-order valence-electron chi connectivity index (χ1n) is 9.87. The van der Waals surface area contributed by atoms with Crippen LogP contribution in [0.1, 0.15) is 35.2 Å². The van der Waals surface area contributed by atoms with Gasteiger partial charge in [0.05, 0.1) is 4.90 Å². The van der Waals surface area contributed by atoms with Gasteiger partial charge in [0.25, 0.3) is 15.9 Å². The zero-order valence-corrected chi connectivity index (χ0v) is 18.0. The number of hydrogen-bond donors (Lipinski definition) is 1. The highest BCUT2D eigenvalue weighted by Crippen LogP contribution is 2.28. The van der Waals surface area contributed by atoms with Crippen molar-refractivity contribution in [3.8, 4) is 0 Å². The van der Waals surface area contributed by atoms with E-state index in [1.54, 1.807) is 17.5 Å². The van der Waals surface area contributed by atoms with Gasteiger partial charge in [-0.3, -0.25) is 9.52 Å². The molecule has 8 heteroatoms. The van der Waals surface area contributed by atoms with Gasteiger partial charge in [0.15, 0.2) is 5.13 Å². The Balaban J connectivity index is 1.51. The van der Waals surface area contributed by atoms with E-state index in [-0.39, 0.29) is 10.8 Å². The van der Waals surface area contributed by atoms with Gasteiger partial charge in [-0.25, -0.2) is 13.4 Å². The van der Waals surface area contributed by atoms with Crippen LogP contribution >= 0.6 is 11.3 Å². The minimum absolute atomic E-state index is 0.0809. The first-order chi connectivity index (χ1) is 14.5. The number of benzene rings is 2. The molecular formula is C22H23N3O3S2. The molecule has 0 bridgehead atoms. The summed E-state index contributed by atoms with van der Waals surface area (Å²) in [7, 11) is -3.74. The molecule has 1 heterocycles. The maximum absolute atomic E-state index is 13.2. The van der Waals surface area contributed by atoms with Crippen LogP contribution in [0.15, 0.2) is 71.1 Å². The van der Waals surface area contributed by atoms with Crippen LogP contribution in [-0.4, -0.2) is 30.8 Å². The number of sulfonamides is 1. The van der Waals surface area contributed by atoms with E-state index >= 15 is 0 Å². The highest BCUT2D eigenvalue weighted by atomic mass is 32.2. The van der Waals surface area contributed by atoms with Crippen LogP contribution in [0.5, 0.6) is 0 Å². The summed E-state index contributed by atoms with van der Waals surface area (Å²) in [5.74, 6) is 0.461. The molecule has 1 aliphatic rings. The van der Waals surface area contributed by atoms with Crippen molar-refractivity contribution in [2.75, 3.05) is 11.3 Å². The molecule has 0 radical (unpaired) electrons. The number of hydrogen-bond acceptors (Lipinski definition) is 5. The second-order valence-electron chi connectivity index (χ2n) is 7.44. The zero-order valence-electron chi connectivity index (χ0n) is 16.4. The summed E-state index contributed by atoms with van der Waals surface area (Å²) in [6, 6.07) is 16.0. The average Bonchev–Trinajstić information content (AvgIpc) is 3.22. The monoisotopic (exact) mass is 441 g/mol. The quantitative estimate of drug-likeness (QED) is 0.562. The molecule has 1 saturated carbocycles. The lowest BCUT2D eigenvalue weighted by Gasteiger charge is -2.32. The molecule has 1 aliphatic carbocycles. The first kappa shape index (κ1) is 20.6. The largest absolute Gasteiger partial charge is 0.334 e. The summed E-state index contributed by atoms with van der Waals surface area (Å²) in [5, 5.41) is 2.01. The van der Waals surface area contributed by atoms with Gasteiger partial charge >= 0.3 is 0 Å². The minimum atomic E-state index is -3.74. The second-order valence-corrected chi connectivity index (χ2v) is 10.0. The van der Waals surface area contributed by atoms with Gasteiger partial charge in [-0.15, -0.1) is 11.3 Å². The van der Waals surface area contributed by atoms with Crippen molar-refractivity contribution in [2.45, 2.75) is 30.7 Å². The smallest absolute Gasteiger partial charge is 0.263 e. The summed E-state index contributed by atoms with van der Waals surface area (Å²) in [6.07, 6.45) is 5.06. The Morgan fingerprint density at radius 2 is 1.83 bits per heavy atom. The molecule has 0 spiro atoms. The molecule has 0 atom stereocenters. The summed E-state index contributed by atoms with van der Waals surface area (Å²) in [4.78, 5) is 19.1. The number of aromatic nitrogens is 1. The molecular weight excluding hydrogens is 418 g/mol. The molecule has 3 aromatic rings. The van der Waals surface area contributed by atoms with Gasteiger partial charge in [0, 0.05) is 30.2 Å². The lowest BCUT2D eigenvalue weighted by molar-refractivity contribution is 0.0679. The molecule has 4 rings (SSSR count). The lowest BCUT2D eigenvalue weighted by Crippen LogP contribution is -2.37. The van der Waals surface area contributed by atoms with Gasteiger partial charge < -0.3 is 4.90 Å². The molecule has 1 fully saturated rings. The Morgan fingerprint density at radius 1 is 1.10 bits per heavy atom. The Kier molecular flexibility index (Phi) is 6.15. The zero-order chi connectivity index (χ0) is 21.0. The van der Waals surface area contributed by atoms with Crippen LogP contribution in [0.3, 0.4) is 0 Å². The van der Waals surface area contributed by atoms with Gasteiger partial charge in [-0.1, -0.05) is 36.8 Å². The number of nitrogens with one attached hydrogen (secondary N) is 1. The summed E-state index contributed by atoms with van der Waals surface area (Å²) in [5.41, 5.74) is 1.57. The van der Waals surface area contributed by atoms with E-state index in [1.807, 2.05) is 35.2 Å². The van der Waals surface area contributed by atoms with Gasteiger partial charge in [0.1, 0.15) is 0 Å². The maximum atomic E-state index is 13.2. The van der Waals surface area contributed by atoms with E-state index in [0.717, 1.165) is 24.9 Å². The molecule has 30 heavy (non-hydrogen) atoms. The first-order valence-corrected chi connectivity index (χ1v) is 12.2. The molecule has 0 unspecified atom stereocenters. The molecule has 0 saturated heterocycles. The SMILES string of the molecule is O=C(c1ccc(S(=O)(=O)Nc2nccs2)cc1)N(Cc1ccccc1)CC1CCC1. The van der Waals surface area contributed by atoms with Gasteiger partial charge in [-0.05, 0) is 48.6 Å². The fraction of sp³-hybridized carbons (Fsp3) is 0.273. The molecule has 1 aromatic heterocycles. The fourth-order valence-electron chi connectivity index (χ4n) is 3.42. The predicted molar refractivity (Wildman–Crippen MR) is 118 cm³/mol. The standard InChI is InChI=1S/C22H23N3O3S2/c26-21(25(16-18-7-4-8-18)15-17-5-2-1-3-6-17)19-9-11-20(12-10-19)30(27,28)24-22-23-13-14-29-22/h1-3,5-6,9-14,18H,4,7-8,15-16H2,(H,23,24). The van der Waals surface area contributed by atoms with Crippen molar-refractivity contribution in [1.82, 2.24) is 9.88 Å². The van der Waals surface area contributed by atoms with Crippen molar-refractivity contribution in [2.24, 2.45) is 5.92 Å². The van der Waals surface area contributed by atoms with Crippen molar-refractivity contribution in [1.29, 1.82) is 0 Å². The lowest BCUT2D eigenvalue weighted by atomic mass is 9.85. The molecule has 0 aliphatic heterocycles. The van der Waals surface area contributed by atoms with E-state index in [2.05, 4.69) is 9.71 Å². The van der Waals surface area contributed by atoms with Crippen molar-refractivity contribution in [3.63, 3.8) is 0 Å². The third kappa shape index (κ3) is 4.88. The normalized spacial score (nSPS) is 14.1. The molecule has 1 N–H and O–H groups in total. The minimum Gasteiger partial charge on any atom is -0.334 e. The Bertz CT molecular complexity index is 1080. The van der Waals surface area contributed by atoms with Crippen LogP contribution in [-0.2, 0) is 16.6 Å². The van der Waals surface area contributed by atoms with Crippen molar-refractivity contribution >= 4 is 32.4 Å². The Hall–Kier alpha value is -2.71. The van der Waals surface area contributed by atoms with E-state index in [0.29, 0.717) is 23.2 Å². The van der Waals surface area contributed by atoms with Gasteiger partial charge in [0.2, 0.25) is 0 Å². The van der Waals surface area contributed by atoms with E-state index < -0.39 is 10.0 Å². The number of nitrogens with zero attached hydrogens (tertiary/aromatic N) is 2. The number of carbonyl (C=O) groups excluding carboxylic acids is 1.